The van der Waals surface area contributed by atoms with Crippen molar-refractivity contribution in [3.8, 4) is 6.07 Å². The quantitative estimate of drug-likeness (QED) is 0.805. The molecule has 0 aliphatic carbocycles. The molecular formula is C11H11N5O. The van der Waals surface area contributed by atoms with Crippen molar-refractivity contribution in [1.82, 2.24) is 20.1 Å². The highest BCUT2D eigenvalue weighted by atomic mass is 16.1. The summed E-state index contributed by atoms with van der Waals surface area (Å²) in [6, 6.07) is 5.34. The number of hydrogen-bond acceptors (Lipinski definition) is 3. The molecule has 0 saturated heterocycles. The monoisotopic (exact) mass is 229 g/mol. The van der Waals surface area contributed by atoms with Crippen molar-refractivity contribution >= 4 is 5.91 Å². The van der Waals surface area contributed by atoms with E-state index in [-0.39, 0.29) is 5.91 Å². The van der Waals surface area contributed by atoms with Gasteiger partial charge in [-0.1, -0.05) is 0 Å². The summed E-state index contributed by atoms with van der Waals surface area (Å²) in [7, 11) is 1.73. The molecule has 0 aromatic carbocycles. The third-order valence-corrected chi connectivity index (χ3v) is 2.36. The summed E-state index contributed by atoms with van der Waals surface area (Å²) < 4.78 is 1.63. The van der Waals surface area contributed by atoms with Crippen LogP contribution in [0.2, 0.25) is 0 Å². The molecule has 2 rings (SSSR count). The Morgan fingerprint density at radius 3 is 3.12 bits per heavy atom. The fourth-order valence-corrected chi connectivity index (χ4v) is 1.50. The molecule has 2 aromatic heterocycles. The molecule has 6 heteroatoms. The number of carbonyl (C=O) groups excluding carboxylic acids is 1. The maximum absolute atomic E-state index is 11.8. The van der Waals surface area contributed by atoms with Crippen molar-refractivity contribution in [2.75, 3.05) is 0 Å². The number of hydrogen-bond donors (Lipinski definition) is 2. The van der Waals surface area contributed by atoms with Crippen LogP contribution in [0.25, 0.3) is 0 Å². The number of nitrogens with one attached hydrogen (secondary N) is 2. The van der Waals surface area contributed by atoms with Crippen LogP contribution in [0.5, 0.6) is 0 Å². The van der Waals surface area contributed by atoms with Gasteiger partial charge in [0.25, 0.3) is 5.91 Å². The maximum Gasteiger partial charge on any atom is 0.268 e. The zero-order valence-corrected chi connectivity index (χ0v) is 9.27. The van der Waals surface area contributed by atoms with Gasteiger partial charge in [0, 0.05) is 19.4 Å². The van der Waals surface area contributed by atoms with Gasteiger partial charge in [-0.25, -0.2) is 0 Å². The van der Waals surface area contributed by atoms with Crippen LogP contribution in [-0.4, -0.2) is 20.7 Å². The van der Waals surface area contributed by atoms with Crippen LogP contribution >= 0.6 is 0 Å². The van der Waals surface area contributed by atoms with Crippen molar-refractivity contribution < 1.29 is 4.79 Å². The van der Waals surface area contributed by atoms with Gasteiger partial charge in [-0.15, -0.1) is 0 Å². The standard InChI is InChI=1S/C11H11N5O/c1-16-7-8(5-12)4-10(16)11(17)13-6-9-2-3-14-15-9/h2-4,7H,6H2,1H3,(H,13,17)(H,14,15). The van der Waals surface area contributed by atoms with E-state index in [0.29, 0.717) is 17.8 Å². The lowest BCUT2D eigenvalue weighted by molar-refractivity contribution is 0.0942. The Kier molecular flexibility index (Phi) is 2.92. The van der Waals surface area contributed by atoms with Gasteiger partial charge in [-0.3, -0.25) is 9.89 Å². The van der Waals surface area contributed by atoms with Crippen molar-refractivity contribution in [1.29, 1.82) is 5.26 Å². The van der Waals surface area contributed by atoms with Crippen LogP contribution in [-0.2, 0) is 13.6 Å². The van der Waals surface area contributed by atoms with Crippen LogP contribution in [0, 0.1) is 11.3 Å². The zero-order chi connectivity index (χ0) is 12.3. The number of aromatic amines is 1. The number of nitriles is 1. The Hall–Kier alpha value is -2.55. The zero-order valence-electron chi connectivity index (χ0n) is 9.27. The second-order valence-electron chi connectivity index (χ2n) is 3.60. The van der Waals surface area contributed by atoms with Crippen LogP contribution in [0.15, 0.2) is 24.5 Å². The van der Waals surface area contributed by atoms with Gasteiger partial charge < -0.3 is 9.88 Å². The first-order valence-electron chi connectivity index (χ1n) is 5.03. The Morgan fingerprint density at radius 2 is 2.53 bits per heavy atom. The van der Waals surface area contributed by atoms with Crippen molar-refractivity contribution in [3.63, 3.8) is 0 Å². The average Bonchev–Trinajstić information content (AvgIpc) is 2.94. The molecule has 2 heterocycles. The van der Waals surface area contributed by atoms with Crippen LogP contribution in [0.4, 0.5) is 0 Å². The lowest BCUT2D eigenvalue weighted by Gasteiger charge is -2.04. The third-order valence-electron chi connectivity index (χ3n) is 2.36. The second kappa shape index (κ2) is 4.53. The fraction of sp³-hybridized carbons (Fsp3) is 0.182. The molecule has 2 aromatic rings. The van der Waals surface area contributed by atoms with Gasteiger partial charge in [-0.2, -0.15) is 10.4 Å². The smallest absolute Gasteiger partial charge is 0.268 e. The third kappa shape index (κ3) is 2.34. The highest BCUT2D eigenvalue weighted by molar-refractivity contribution is 5.93. The molecule has 0 atom stereocenters. The topological polar surface area (TPSA) is 86.5 Å². The predicted molar refractivity (Wildman–Crippen MR) is 59.9 cm³/mol. The van der Waals surface area contributed by atoms with E-state index in [4.69, 9.17) is 5.26 Å². The number of carbonyl (C=O) groups is 1. The van der Waals surface area contributed by atoms with Crippen molar-refractivity contribution in [2.24, 2.45) is 7.05 Å². The number of rotatable bonds is 3. The van der Waals surface area contributed by atoms with E-state index in [1.165, 1.54) is 0 Å². The number of aryl methyl sites for hydroxylation is 1. The summed E-state index contributed by atoms with van der Waals surface area (Å²) in [5.74, 6) is -0.219. The van der Waals surface area contributed by atoms with E-state index < -0.39 is 0 Å². The van der Waals surface area contributed by atoms with Crippen molar-refractivity contribution in [3.05, 3.63) is 41.5 Å². The molecule has 0 spiro atoms. The van der Waals surface area contributed by atoms with Crippen LogP contribution in [0.3, 0.4) is 0 Å². The molecule has 0 radical (unpaired) electrons. The molecule has 1 amide bonds. The predicted octanol–water partition coefficient (Wildman–Crippen LogP) is 0.550. The van der Waals surface area contributed by atoms with Gasteiger partial charge in [0.05, 0.1) is 17.8 Å². The summed E-state index contributed by atoms with van der Waals surface area (Å²) in [5.41, 5.74) is 1.76. The van der Waals surface area contributed by atoms with E-state index in [2.05, 4.69) is 15.5 Å². The largest absolute Gasteiger partial charge is 0.345 e. The lowest BCUT2D eigenvalue weighted by Crippen LogP contribution is -2.24. The minimum absolute atomic E-state index is 0.219. The average molecular weight is 229 g/mol. The van der Waals surface area contributed by atoms with E-state index in [1.54, 1.807) is 36.1 Å². The van der Waals surface area contributed by atoms with Gasteiger partial charge >= 0.3 is 0 Å². The molecule has 6 nitrogen and oxygen atoms in total. The minimum atomic E-state index is -0.219. The van der Waals surface area contributed by atoms with E-state index in [0.717, 1.165) is 5.69 Å². The first kappa shape index (κ1) is 11.0. The Balaban J connectivity index is 2.05. The fourth-order valence-electron chi connectivity index (χ4n) is 1.50. The molecule has 17 heavy (non-hydrogen) atoms. The number of nitrogens with zero attached hydrogens (tertiary/aromatic N) is 3. The summed E-state index contributed by atoms with van der Waals surface area (Å²) in [5, 5.41) is 18.0. The molecule has 0 bridgehead atoms. The molecular weight excluding hydrogens is 218 g/mol. The first-order valence-corrected chi connectivity index (χ1v) is 5.03. The molecule has 0 unspecified atom stereocenters. The normalized spacial score (nSPS) is 9.88. The van der Waals surface area contributed by atoms with Gasteiger partial charge in [0.1, 0.15) is 11.8 Å². The highest BCUT2D eigenvalue weighted by Gasteiger charge is 2.11. The second-order valence-corrected chi connectivity index (χ2v) is 3.60. The summed E-state index contributed by atoms with van der Waals surface area (Å²) >= 11 is 0. The van der Waals surface area contributed by atoms with E-state index >= 15 is 0 Å². The SMILES string of the molecule is Cn1cc(C#N)cc1C(=O)NCc1ccn[nH]1. The Labute approximate surface area is 97.9 Å². The maximum atomic E-state index is 11.8. The highest BCUT2D eigenvalue weighted by Crippen LogP contribution is 2.06. The van der Waals surface area contributed by atoms with E-state index in [9.17, 15) is 4.79 Å². The number of amides is 1. The number of aromatic nitrogens is 3. The molecule has 0 aliphatic rings. The Morgan fingerprint density at radius 1 is 1.71 bits per heavy atom. The lowest BCUT2D eigenvalue weighted by atomic mass is 10.3. The molecule has 86 valence electrons. The van der Waals surface area contributed by atoms with Gasteiger partial charge in [-0.05, 0) is 12.1 Å². The number of H-pyrrole nitrogens is 1. The Bertz CT molecular complexity index is 561. The first-order chi connectivity index (χ1) is 8.20. The van der Waals surface area contributed by atoms with Gasteiger partial charge in [0.15, 0.2) is 0 Å². The minimum Gasteiger partial charge on any atom is -0.345 e. The van der Waals surface area contributed by atoms with Gasteiger partial charge in [0.2, 0.25) is 0 Å². The summed E-state index contributed by atoms with van der Waals surface area (Å²) in [4.78, 5) is 11.8. The molecule has 0 saturated carbocycles. The van der Waals surface area contributed by atoms with Crippen LogP contribution in [0.1, 0.15) is 21.7 Å². The van der Waals surface area contributed by atoms with Crippen LogP contribution < -0.4 is 5.32 Å². The van der Waals surface area contributed by atoms with E-state index in [1.807, 2.05) is 6.07 Å². The molecule has 0 aliphatic heterocycles. The summed E-state index contributed by atoms with van der Waals surface area (Å²) in [6.07, 6.45) is 3.24. The molecule has 2 N–H and O–H groups in total. The van der Waals surface area contributed by atoms with Crippen molar-refractivity contribution in [2.45, 2.75) is 6.54 Å². The summed E-state index contributed by atoms with van der Waals surface area (Å²) in [6.45, 7) is 0.381. The molecule has 0 fully saturated rings.